The van der Waals surface area contributed by atoms with Gasteiger partial charge in [-0.15, -0.1) is 0 Å². The van der Waals surface area contributed by atoms with Crippen LogP contribution in [0.5, 0.6) is 0 Å². The summed E-state index contributed by atoms with van der Waals surface area (Å²) in [5.41, 5.74) is 8.25. The molecule has 0 bridgehead atoms. The second-order valence-corrected chi connectivity index (χ2v) is 5.85. The van der Waals surface area contributed by atoms with Gasteiger partial charge in [0.15, 0.2) is 0 Å². The second-order valence-electron chi connectivity index (χ2n) is 5.85. The first kappa shape index (κ1) is 13.6. The molecule has 3 rings (SSSR count). The number of para-hydroxylation sites is 2. The van der Waals surface area contributed by atoms with Crippen LogP contribution in [0.25, 0.3) is 11.0 Å². The minimum absolute atomic E-state index is 0.436. The quantitative estimate of drug-likeness (QED) is 0.821. The topological polar surface area (TPSA) is 55.9 Å². The smallest absolute Gasteiger partial charge is 0.0958 e. The molecule has 0 amide bonds. The molecule has 0 saturated heterocycles. The lowest BCUT2D eigenvalue weighted by molar-refractivity contribution is 0.340. The number of nitrogens with zero attached hydrogens (tertiary/aromatic N) is 2. The van der Waals surface area contributed by atoms with Crippen molar-refractivity contribution in [3.8, 4) is 0 Å². The molecule has 1 aromatic heterocycles. The highest BCUT2D eigenvalue weighted by Gasteiger charge is 2.17. The summed E-state index contributed by atoms with van der Waals surface area (Å²) in [6.45, 7) is 2.10. The lowest BCUT2D eigenvalue weighted by Gasteiger charge is -2.26. The number of imidazole rings is 1. The molecule has 1 heterocycles. The average Bonchev–Trinajstić information content (AvgIpc) is 2.89. The van der Waals surface area contributed by atoms with E-state index in [1.54, 1.807) is 0 Å². The average molecular weight is 272 g/mol. The van der Waals surface area contributed by atoms with Crippen molar-refractivity contribution in [3.63, 3.8) is 0 Å². The molecule has 0 radical (unpaired) electrons. The first-order valence-corrected chi connectivity index (χ1v) is 7.72. The van der Waals surface area contributed by atoms with Crippen molar-refractivity contribution in [3.05, 3.63) is 30.6 Å². The van der Waals surface area contributed by atoms with E-state index in [-0.39, 0.29) is 0 Å². The van der Waals surface area contributed by atoms with Crippen LogP contribution in [0.4, 0.5) is 0 Å². The first-order valence-electron chi connectivity index (χ1n) is 7.72. The largest absolute Gasteiger partial charge is 0.331 e. The number of aryl methyl sites for hydroxylation is 1. The van der Waals surface area contributed by atoms with E-state index in [1.165, 1.54) is 31.2 Å². The van der Waals surface area contributed by atoms with Gasteiger partial charge in [0, 0.05) is 18.6 Å². The highest BCUT2D eigenvalue weighted by Crippen LogP contribution is 2.17. The Kier molecular flexibility index (Phi) is 4.33. The number of rotatable bonds is 5. The number of aromatic nitrogens is 2. The molecule has 2 aromatic rings. The molecule has 1 aliphatic rings. The van der Waals surface area contributed by atoms with E-state index in [0.29, 0.717) is 12.1 Å². The molecule has 4 nitrogen and oxygen atoms in total. The van der Waals surface area contributed by atoms with Crippen molar-refractivity contribution >= 4 is 11.0 Å². The van der Waals surface area contributed by atoms with Gasteiger partial charge in [0.1, 0.15) is 0 Å². The van der Waals surface area contributed by atoms with Gasteiger partial charge in [0.05, 0.1) is 17.4 Å². The highest BCUT2D eigenvalue weighted by molar-refractivity contribution is 5.74. The van der Waals surface area contributed by atoms with Gasteiger partial charge >= 0.3 is 0 Å². The maximum absolute atomic E-state index is 5.93. The zero-order valence-electron chi connectivity index (χ0n) is 12.0. The molecular formula is C16H24N4. The van der Waals surface area contributed by atoms with Gasteiger partial charge in [0.2, 0.25) is 0 Å². The summed E-state index contributed by atoms with van der Waals surface area (Å²) in [5.74, 6) is 0. The number of benzene rings is 1. The highest BCUT2D eigenvalue weighted by atomic mass is 15.0. The summed E-state index contributed by atoms with van der Waals surface area (Å²) >= 11 is 0. The van der Waals surface area contributed by atoms with Crippen LogP contribution in [0.1, 0.15) is 32.1 Å². The number of hydrogen-bond donors (Lipinski definition) is 2. The van der Waals surface area contributed by atoms with Crippen molar-refractivity contribution in [2.45, 2.75) is 50.7 Å². The Morgan fingerprint density at radius 3 is 2.85 bits per heavy atom. The third-order valence-corrected chi connectivity index (χ3v) is 4.31. The van der Waals surface area contributed by atoms with Crippen LogP contribution in [-0.4, -0.2) is 28.2 Å². The van der Waals surface area contributed by atoms with E-state index in [4.69, 9.17) is 5.73 Å². The Hall–Kier alpha value is -1.39. The van der Waals surface area contributed by atoms with Crippen molar-refractivity contribution < 1.29 is 0 Å². The Morgan fingerprint density at radius 1 is 1.20 bits per heavy atom. The normalized spacial score (nSPS) is 23.2. The van der Waals surface area contributed by atoms with Crippen molar-refractivity contribution in [1.82, 2.24) is 14.9 Å². The maximum Gasteiger partial charge on any atom is 0.0958 e. The van der Waals surface area contributed by atoms with Crippen LogP contribution in [0.15, 0.2) is 30.6 Å². The molecular weight excluding hydrogens is 248 g/mol. The van der Waals surface area contributed by atoms with Crippen molar-refractivity contribution in [2.24, 2.45) is 5.73 Å². The molecule has 1 aliphatic carbocycles. The van der Waals surface area contributed by atoms with E-state index in [2.05, 4.69) is 33.1 Å². The number of nitrogens with two attached hydrogens (primary N) is 1. The molecule has 20 heavy (non-hydrogen) atoms. The third-order valence-electron chi connectivity index (χ3n) is 4.31. The monoisotopic (exact) mass is 272 g/mol. The Morgan fingerprint density at radius 2 is 2.00 bits per heavy atom. The molecule has 1 aromatic carbocycles. The van der Waals surface area contributed by atoms with E-state index < -0.39 is 0 Å². The summed E-state index contributed by atoms with van der Waals surface area (Å²) in [5, 5.41) is 3.66. The summed E-state index contributed by atoms with van der Waals surface area (Å²) in [7, 11) is 0. The standard InChI is InChI=1S/C16H24N4/c17-13-6-8-14(9-7-13)18-10-3-11-20-12-19-15-4-1-2-5-16(15)20/h1-2,4-5,12-14,18H,3,6-11,17H2. The van der Waals surface area contributed by atoms with E-state index in [1.807, 2.05) is 12.4 Å². The van der Waals surface area contributed by atoms with Gasteiger partial charge in [-0.05, 0) is 50.8 Å². The van der Waals surface area contributed by atoms with Crippen molar-refractivity contribution in [1.29, 1.82) is 0 Å². The summed E-state index contributed by atoms with van der Waals surface area (Å²) < 4.78 is 2.24. The van der Waals surface area contributed by atoms with Gasteiger partial charge < -0.3 is 15.6 Å². The fourth-order valence-electron chi connectivity index (χ4n) is 3.07. The molecule has 4 heteroatoms. The molecule has 1 fully saturated rings. The van der Waals surface area contributed by atoms with Crippen molar-refractivity contribution in [2.75, 3.05) is 6.54 Å². The fourth-order valence-corrected chi connectivity index (χ4v) is 3.07. The lowest BCUT2D eigenvalue weighted by atomic mass is 9.92. The van der Waals surface area contributed by atoms with Crippen LogP contribution < -0.4 is 11.1 Å². The van der Waals surface area contributed by atoms with Crippen LogP contribution >= 0.6 is 0 Å². The predicted octanol–water partition coefficient (Wildman–Crippen LogP) is 2.29. The molecule has 0 aliphatic heterocycles. The molecule has 1 saturated carbocycles. The van der Waals surface area contributed by atoms with Gasteiger partial charge in [-0.25, -0.2) is 4.98 Å². The Balaban J connectivity index is 1.44. The Bertz CT molecular complexity index is 540. The molecule has 3 N–H and O–H groups in total. The zero-order chi connectivity index (χ0) is 13.8. The summed E-state index contributed by atoms with van der Waals surface area (Å²) in [4.78, 5) is 4.42. The SMILES string of the molecule is NC1CCC(NCCCn2cnc3ccccc32)CC1. The summed E-state index contributed by atoms with van der Waals surface area (Å²) in [6.07, 6.45) is 7.89. The molecule has 0 spiro atoms. The minimum Gasteiger partial charge on any atom is -0.331 e. The first-order chi connectivity index (χ1) is 9.83. The van der Waals surface area contributed by atoms with Crippen LogP contribution in [0.3, 0.4) is 0 Å². The van der Waals surface area contributed by atoms with Gasteiger partial charge in [0.25, 0.3) is 0 Å². The fraction of sp³-hybridized carbons (Fsp3) is 0.562. The van der Waals surface area contributed by atoms with E-state index >= 15 is 0 Å². The predicted molar refractivity (Wildman–Crippen MR) is 82.6 cm³/mol. The maximum atomic E-state index is 5.93. The van der Waals surface area contributed by atoms with E-state index in [9.17, 15) is 0 Å². The lowest BCUT2D eigenvalue weighted by Crippen LogP contribution is -2.37. The molecule has 0 atom stereocenters. The number of nitrogens with one attached hydrogen (secondary N) is 1. The van der Waals surface area contributed by atoms with Gasteiger partial charge in [-0.2, -0.15) is 0 Å². The van der Waals surface area contributed by atoms with Crippen LogP contribution in [-0.2, 0) is 6.54 Å². The molecule has 0 unspecified atom stereocenters. The number of hydrogen-bond acceptors (Lipinski definition) is 3. The van der Waals surface area contributed by atoms with E-state index in [0.717, 1.165) is 25.0 Å². The van der Waals surface area contributed by atoms with Crippen LogP contribution in [0.2, 0.25) is 0 Å². The summed E-state index contributed by atoms with van der Waals surface area (Å²) in [6, 6.07) is 9.42. The second kappa shape index (κ2) is 6.37. The van der Waals surface area contributed by atoms with Crippen LogP contribution in [0, 0.1) is 0 Å². The molecule has 108 valence electrons. The van der Waals surface area contributed by atoms with Gasteiger partial charge in [-0.1, -0.05) is 12.1 Å². The number of fused-ring (bicyclic) bond motifs is 1. The Labute approximate surface area is 120 Å². The third kappa shape index (κ3) is 3.19. The minimum atomic E-state index is 0.436. The zero-order valence-corrected chi connectivity index (χ0v) is 12.0. The van der Waals surface area contributed by atoms with Gasteiger partial charge in [-0.3, -0.25) is 0 Å².